The average molecular weight is 280 g/mol. The van der Waals surface area contributed by atoms with Crippen LogP contribution in [0.4, 0.5) is 8.78 Å². The number of ether oxygens (including phenoxy) is 2. The second kappa shape index (κ2) is 5.54. The van der Waals surface area contributed by atoms with Gasteiger partial charge >= 0.3 is 11.9 Å². The Labute approximate surface area is 115 Å². The molecule has 1 aromatic rings. The molecule has 0 aliphatic carbocycles. The van der Waals surface area contributed by atoms with E-state index in [0.29, 0.717) is 6.08 Å². The molecule has 3 atom stereocenters. The molecule has 0 bridgehead atoms. The van der Waals surface area contributed by atoms with Crippen LogP contribution in [0.3, 0.4) is 0 Å². The minimum absolute atomic E-state index is 0.456. The minimum atomic E-state index is -3.37. The second-order valence-corrected chi connectivity index (χ2v) is 4.37. The fourth-order valence-electron chi connectivity index (χ4n) is 1.92. The summed E-state index contributed by atoms with van der Waals surface area (Å²) in [4.78, 5) is 11.2. The van der Waals surface area contributed by atoms with E-state index < -0.39 is 30.2 Å². The molecule has 1 aliphatic rings. The Kier molecular flexibility index (Phi) is 3.99. The number of carbonyl (C=O) groups excluding carboxylic acids is 1. The number of benzene rings is 1. The van der Waals surface area contributed by atoms with Crippen LogP contribution in [0, 0.1) is 0 Å². The molecule has 106 valence electrons. The van der Waals surface area contributed by atoms with Crippen molar-refractivity contribution in [2.75, 3.05) is 0 Å². The lowest BCUT2D eigenvalue weighted by atomic mass is 10.0. The third-order valence-corrected chi connectivity index (χ3v) is 3.01. The van der Waals surface area contributed by atoms with Crippen LogP contribution in [0.2, 0.25) is 0 Å². The lowest BCUT2D eigenvalue weighted by Crippen LogP contribution is -2.40. The zero-order valence-corrected chi connectivity index (χ0v) is 10.7. The topological polar surface area (TPSA) is 38.8 Å². The van der Waals surface area contributed by atoms with Gasteiger partial charge in [-0.3, -0.25) is 0 Å². The summed E-state index contributed by atoms with van der Waals surface area (Å²) >= 11 is 0. The molecule has 0 saturated carbocycles. The van der Waals surface area contributed by atoms with Gasteiger partial charge in [0, 0.05) is 6.08 Å². The van der Waals surface area contributed by atoms with Gasteiger partial charge in [-0.2, -0.15) is 8.78 Å². The van der Waals surface area contributed by atoms with Gasteiger partial charge in [0.1, 0.15) is 12.2 Å². The molecule has 2 rings (SSSR count). The van der Waals surface area contributed by atoms with Gasteiger partial charge in [-0.25, -0.2) is 4.79 Å². The Morgan fingerprint density at radius 3 is 2.55 bits per heavy atom. The number of esters is 1. The van der Waals surface area contributed by atoms with Crippen molar-refractivity contribution in [3.05, 3.63) is 61.2 Å². The van der Waals surface area contributed by atoms with Crippen molar-refractivity contribution in [1.29, 1.82) is 0 Å². The molecule has 5 heteroatoms. The molecule has 0 spiro atoms. The van der Waals surface area contributed by atoms with Gasteiger partial charge in [0.25, 0.3) is 0 Å². The van der Waals surface area contributed by atoms with Crippen molar-refractivity contribution in [1.82, 2.24) is 0 Å². The SMILES string of the molecule is C=CC(=O)O[C@@H]([C@@H]1O[C@H]1c1ccccc1)C(F)(F)C=C. The van der Waals surface area contributed by atoms with Crippen molar-refractivity contribution in [2.24, 2.45) is 0 Å². The number of rotatable bonds is 6. The summed E-state index contributed by atoms with van der Waals surface area (Å²) in [5, 5.41) is 0. The first-order valence-corrected chi connectivity index (χ1v) is 6.04. The Morgan fingerprint density at radius 2 is 2.00 bits per heavy atom. The number of halogens is 2. The number of epoxide rings is 1. The molecule has 0 aromatic heterocycles. The first kappa shape index (κ1) is 14.4. The summed E-state index contributed by atoms with van der Waals surface area (Å²) in [5.41, 5.74) is 0.761. The van der Waals surface area contributed by atoms with Gasteiger partial charge in [0.2, 0.25) is 0 Å². The smallest absolute Gasteiger partial charge is 0.330 e. The summed E-state index contributed by atoms with van der Waals surface area (Å²) in [6, 6.07) is 8.91. The standard InChI is InChI=1S/C15H14F2O3/c1-3-11(18)19-14(15(16,17)4-2)13-12(20-13)10-8-6-5-7-9-10/h3-9,12-14H,1-2H2/t12-,13+,14-/m0/s1. The molecule has 1 aromatic carbocycles. The van der Waals surface area contributed by atoms with E-state index in [1.165, 1.54) is 0 Å². The van der Waals surface area contributed by atoms with E-state index in [2.05, 4.69) is 13.2 Å². The van der Waals surface area contributed by atoms with Crippen LogP contribution < -0.4 is 0 Å². The van der Waals surface area contributed by atoms with Crippen LogP contribution in [0.5, 0.6) is 0 Å². The molecule has 1 heterocycles. The number of carbonyl (C=O) groups is 1. The first-order chi connectivity index (χ1) is 9.49. The fraction of sp³-hybridized carbons (Fsp3) is 0.267. The van der Waals surface area contributed by atoms with E-state index in [4.69, 9.17) is 9.47 Å². The van der Waals surface area contributed by atoms with Crippen LogP contribution in [0.15, 0.2) is 55.6 Å². The second-order valence-electron chi connectivity index (χ2n) is 4.37. The van der Waals surface area contributed by atoms with Gasteiger partial charge in [-0.05, 0) is 11.6 Å². The molecule has 1 saturated heterocycles. The van der Waals surface area contributed by atoms with Crippen molar-refractivity contribution >= 4 is 5.97 Å². The Hall–Kier alpha value is -2.01. The summed E-state index contributed by atoms with van der Waals surface area (Å²) in [5.74, 6) is -4.29. The highest BCUT2D eigenvalue weighted by Crippen LogP contribution is 2.46. The lowest BCUT2D eigenvalue weighted by molar-refractivity contribution is -0.162. The van der Waals surface area contributed by atoms with Crippen LogP contribution in [0.1, 0.15) is 11.7 Å². The molecular weight excluding hydrogens is 266 g/mol. The highest BCUT2D eigenvalue weighted by atomic mass is 19.3. The predicted molar refractivity (Wildman–Crippen MR) is 69.3 cm³/mol. The number of hydrogen-bond donors (Lipinski definition) is 0. The Bertz CT molecular complexity index is 513. The maximum absolute atomic E-state index is 13.8. The van der Waals surface area contributed by atoms with Crippen LogP contribution >= 0.6 is 0 Å². The molecule has 20 heavy (non-hydrogen) atoms. The lowest BCUT2D eigenvalue weighted by Gasteiger charge is -2.22. The fourth-order valence-corrected chi connectivity index (χ4v) is 1.92. The van der Waals surface area contributed by atoms with Gasteiger partial charge in [-0.1, -0.05) is 43.5 Å². The van der Waals surface area contributed by atoms with Gasteiger partial charge in [-0.15, -0.1) is 0 Å². The van der Waals surface area contributed by atoms with Crippen molar-refractivity contribution < 1.29 is 23.0 Å². The molecule has 0 radical (unpaired) electrons. The van der Waals surface area contributed by atoms with Gasteiger partial charge in [0.15, 0.2) is 6.10 Å². The van der Waals surface area contributed by atoms with Crippen molar-refractivity contribution in [2.45, 2.75) is 24.2 Å². The predicted octanol–water partition coefficient (Wildman–Crippen LogP) is 3.05. The molecule has 0 unspecified atom stereocenters. The van der Waals surface area contributed by atoms with E-state index in [1.807, 2.05) is 6.07 Å². The first-order valence-electron chi connectivity index (χ1n) is 6.04. The molecule has 1 fully saturated rings. The average Bonchev–Trinajstić information content (AvgIpc) is 3.25. The monoisotopic (exact) mass is 280 g/mol. The molecule has 0 N–H and O–H groups in total. The number of hydrogen-bond acceptors (Lipinski definition) is 3. The molecular formula is C15H14F2O3. The van der Waals surface area contributed by atoms with E-state index in [0.717, 1.165) is 11.6 Å². The van der Waals surface area contributed by atoms with E-state index in [-0.39, 0.29) is 0 Å². The zero-order chi connectivity index (χ0) is 14.8. The summed E-state index contributed by atoms with van der Waals surface area (Å²) in [6.45, 7) is 6.26. The van der Waals surface area contributed by atoms with Crippen LogP contribution in [0.25, 0.3) is 0 Å². The van der Waals surface area contributed by atoms with E-state index in [1.54, 1.807) is 24.3 Å². The van der Waals surface area contributed by atoms with Crippen LogP contribution in [-0.2, 0) is 14.3 Å². The largest absolute Gasteiger partial charge is 0.449 e. The van der Waals surface area contributed by atoms with Gasteiger partial charge < -0.3 is 9.47 Å². The Morgan fingerprint density at radius 1 is 1.35 bits per heavy atom. The maximum atomic E-state index is 13.8. The van der Waals surface area contributed by atoms with Crippen molar-refractivity contribution in [3.8, 4) is 0 Å². The summed E-state index contributed by atoms with van der Waals surface area (Å²) < 4.78 is 37.6. The van der Waals surface area contributed by atoms with Crippen LogP contribution in [-0.4, -0.2) is 24.1 Å². The highest BCUT2D eigenvalue weighted by Gasteiger charge is 2.57. The molecule has 1 aliphatic heterocycles. The Balaban J connectivity index is 2.15. The highest BCUT2D eigenvalue weighted by molar-refractivity contribution is 5.81. The summed E-state index contributed by atoms with van der Waals surface area (Å²) in [6.07, 6.45) is -1.82. The minimum Gasteiger partial charge on any atom is -0.449 e. The molecule has 3 nitrogen and oxygen atoms in total. The summed E-state index contributed by atoms with van der Waals surface area (Å²) in [7, 11) is 0. The third-order valence-electron chi connectivity index (χ3n) is 3.01. The quantitative estimate of drug-likeness (QED) is 0.348. The zero-order valence-electron chi connectivity index (χ0n) is 10.7. The number of alkyl halides is 2. The van der Waals surface area contributed by atoms with E-state index >= 15 is 0 Å². The van der Waals surface area contributed by atoms with Gasteiger partial charge in [0.05, 0.1) is 0 Å². The maximum Gasteiger partial charge on any atom is 0.330 e. The third kappa shape index (κ3) is 2.93. The molecule has 0 amide bonds. The van der Waals surface area contributed by atoms with Crippen molar-refractivity contribution in [3.63, 3.8) is 0 Å². The normalized spacial score (nSPS) is 22.7. The van der Waals surface area contributed by atoms with E-state index in [9.17, 15) is 13.6 Å².